The molecule has 1 amide bonds. The Morgan fingerprint density at radius 2 is 2.06 bits per heavy atom. The molecule has 0 bridgehead atoms. The molecule has 0 aliphatic heterocycles. The van der Waals surface area contributed by atoms with Gasteiger partial charge in [0.1, 0.15) is 0 Å². The van der Waals surface area contributed by atoms with Gasteiger partial charge in [-0.1, -0.05) is 0 Å². The Labute approximate surface area is 96.5 Å². The van der Waals surface area contributed by atoms with E-state index in [1.165, 1.54) is 5.56 Å². The molecule has 0 spiro atoms. The Hall–Kier alpha value is -1.42. The number of rotatable bonds is 6. The first kappa shape index (κ1) is 12.6. The van der Waals surface area contributed by atoms with Crippen molar-refractivity contribution in [1.29, 1.82) is 0 Å². The zero-order valence-corrected chi connectivity index (χ0v) is 9.89. The highest BCUT2D eigenvalue weighted by atomic mass is 16.1. The molecule has 1 heterocycles. The van der Waals surface area contributed by atoms with Crippen molar-refractivity contribution in [3.63, 3.8) is 0 Å². The molecule has 0 radical (unpaired) electrons. The number of nitrogens with zero attached hydrogens (tertiary/aromatic N) is 2. The molecule has 1 aromatic heterocycles. The van der Waals surface area contributed by atoms with Gasteiger partial charge in [0.15, 0.2) is 0 Å². The van der Waals surface area contributed by atoms with E-state index in [0.29, 0.717) is 12.6 Å². The van der Waals surface area contributed by atoms with Crippen LogP contribution in [0.5, 0.6) is 0 Å². The third kappa shape index (κ3) is 4.40. The van der Waals surface area contributed by atoms with Crippen LogP contribution in [0.2, 0.25) is 0 Å². The van der Waals surface area contributed by atoms with Crippen molar-refractivity contribution in [2.75, 3.05) is 13.1 Å². The Balaban J connectivity index is 2.47. The quantitative estimate of drug-likeness (QED) is 0.773. The Morgan fingerprint density at radius 1 is 1.44 bits per heavy atom. The van der Waals surface area contributed by atoms with Gasteiger partial charge in [-0.15, -0.1) is 0 Å². The molecule has 1 aromatic rings. The van der Waals surface area contributed by atoms with Gasteiger partial charge in [0, 0.05) is 25.0 Å². The Morgan fingerprint density at radius 3 is 2.56 bits per heavy atom. The fraction of sp³-hybridized carbons (Fsp3) is 0.500. The Kier molecular flexibility index (Phi) is 4.92. The van der Waals surface area contributed by atoms with Gasteiger partial charge < -0.3 is 5.73 Å². The lowest BCUT2D eigenvalue weighted by Crippen LogP contribution is -2.39. The van der Waals surface area contributed by atoms with E-state index >= 15 is 0 Å². The monoisotopic (exact) mass is 221 g/mol. The lowest BCUT2D eigenvalue weighted by Gasteiger charge is -2.24. The highest BCUT2D eigenvalue weighted by molar-refractivity contribution is 5.75. The van der Waals surface area contributed by atoms with Crippen LogP contribution in [0, 0.1) is 0 Å². The van der Waals surface area contributed by atoms with Gasteiger partial charge in [0.05, 0.1) is 6.54 Å². The molecule has 0 saturated heterocycles. The Bertz CT molecular complexity index is 324. The van der Waals surface area contributed by atoms with E-state index in [-0.39, 0.29) is 5.91 Å². The molecular formula is C12H19N3O. The molecule has 1 rings (SSSR count). The van der Waals surface area contributed by atoms with E-state index in [2.05, 4.69) is 23.7 Å². The first-order valence-corrected chi connectivity index (χ1v) is 5.51. The third-order valence-electron chi connectivity index (χ3n) is 2.53. The molecule has 16 heavy (non-hydrogen) atoms. The lowest BCUT2D eigenvalue weighted by atomic mass is 10.2. The predicted molar refractivity (Wildman–Crippen MR) is 63.8 cm³/mol. The molecule has 0 aliphatic rings. The maximum Gasteiger partial charge on any atom is 0.231 e. The van der Waals surface area contributed by atoms with E-state index in [1.807, 2.05) is 12.1 Å². The van der Waals surface area contributed by atoms with Crippen molar-refractivity contribution in [2.45, 2.75) is 26.3 Å². The summed E-state index contributed by atoms with van der Waals surface area (Å²) in [5.41, 5.74) is 6.44. The summed E-state index contributed by atoms with van der Waals surface area (Å²) in [5.74, 6) is -0.275. The number of aromatic nitrogens is 1. The zero-order chi connectivity index (χ0) is 12.0. The van der Waals surface area contributed by atoms with Crippen molar-refractivity contribution in [3.05, 3.63) is 30.1 Å². The maximum absolute atomic E-state index is 10.9. The number of carbonyl (C=O) groups excluding carboxylic acids is 1. The largest absolute Gasteiger partial charge is 0.369 e. The van der Waals surface area contributed by atoms with E-state index in [1.54, 1.807) is 12.4 Å². The first-order valence-electron chi connectivity index (χ1n) is 5.51. The van der Waals surface area contributed by atoms with Gasteiger partial charge in [0.25, 0.3) is 0 Å². The minimum atomic E-state index is -0.275. The molecule has 0 aromatic carbocycles. The maximum atomic E-state index is 10.9. The van der Waals surface area contributed by atoms with Gasteiger partial charge in [0.2, 0.25) is 5.91 Å². The predicted octanol–water partition coefficient (Wildman–Crippen LogP) is 0.820. The van der Waals surface area contributed by atoms with Crippen LogP contribution in [0.4, 0.5) is 0 Å². The van der Waals surface area contributed by atoms with Crippen molar-refractivity contribution in [1.82, 2.24) is 9.88 Å². The molecule has 2 N–H and O–H groups in total. The fourth-order valence-corrected chi connectivity index (χ4v) is 1.54. The third-order valence-corrected chi connectivity index (χ3v) is 2.53. The van der Waals surface area contributed by atoms with Crippen LogP contribution in [0.15, 0.2) is 24.5 Å². The molecular weight excluding hydrogens is 202 g/mol. The second-order valence-corrected chi connectivity index (χ2v) is 4.14. The van der Waals surface area contributed by atoms with Crippen LogP contribution in [-0.2, 0) is 11.2 Å². The van der Waals surface area contributed by atoms with E-state index < -0.39 is 0 Å². The molecule has 0 saturated carbocycles. The second kappa shape index (κ2) is 6.23. The highest BCUT2D eigenvalue weighted by Crippen LogP contribution is 2.03. The molecule has 4 heteroatoms. The minimum Gasteiger partial charge on any atom is -0.369 e. The standard InChI is InChI=1S/C12H19N3O/c1-10(2)15(9-12(13)16)8-5-11-3-6-14-7-4-11/h3-4,6-7,10H,5,8-9H2,1-2H3,(H2,13,16). The summed E-state index contributed by atoms with van der Waals surface area (Å²) in [6.07, 6.45) is 4.47. The van der Waals surface area contributed by atoms with Crippen LogP contribution in [0.3, 0.4) is 0 Å². The van der Waals surface area contributed by atoms with Gasteiger partial charge in [-0.3, -0.25) is 14.7 Å². The summed E-state index contributed by atoms with van der Waals surface area (Å²) < 4.78 is 0. The number of carbonyl (C=O) groups is 1. The van der Waals surface area contributed by atoms with Gasteiger partial charge in [-0.2, -0.15) is 0 Å². The summed E-state index contributed by atoms with van der Waals surface area (Å²) in [4.78, 5) is 16.9. The normalized spacial score (nSPS) is 11.0. The van der Waals surface area contributed by atoms with Gasteiger partial charge >= 0.3 is 0 Å². The van der Waals surface area contributed by atoms with Crippen LogP contribution < -0.4 is 5.73 Å². The molecule has 88 valence electrons. The number of hydrogen-bond acceptors (Lipinski definition) is 3. The summed E-state index contributed by atoms with van der Waals surface area (Å²) >= 11 is 0. The fourth-order valence-electron chi connectivity index (χ4n) is 1.54. The zero-order valence-electron chi connectivity index (χ0n) is 9.89. The lowest BCUT2D eigenvalue weighted by molar-refractivity contribution is -0.119. The number of hydrogen-bond donors (Lipinski definition) is 1. The summed E-state index contributed by atoms with van der Waals surface area (Å²) in [6, 6.07) is 4.31. The van der Waals surface area contributed by atoms with E-state index in [4.69, 9.17) is 5.73 Å². The van der Waals surface area contributed by atoms with Crippen LogP contribution in [0.25, 0.3) is 0 Å². The summed E-state index contributed by atoms with van der Waals surface area (Å²) in [5, 5.41) is 0. The molecule has 4 nitrogen and oxygen atoms in total. The van der Waals surface area contributed by atoms with Gasteiger partial charge in [-0.05, 0) is 38.0 Å². The summed E-state index contributed by atoms with van der Waals surface area (Å²) in [7, 11) is 0. The van der Waals surface area contributed by atoms with Crippen molar-refractivity contribution in [2.24, 2.45) is 5.73 Å². The molecule has 0 fully saturated rings. The average molecular weight is 221 g/mol. The van der Waals surface area contributed by atoms with Crippen molar-refractivity contribution in [3.8, 4) is 0 Å². The summed E-state index contributed by atoms with van der Waals surface area (Å²) in [6.45, 7) is 5.29. The smallest absolute Gasteiger partial charge is 0.231 e. The van der Waals surface area contributed by atoms with Gasteiger partial charge in [-0.25, -0.2) is 0 Å². The number of pyridine rings is 1. The second-order valence-electron chi connectivity index (χ2n) is 4.14. The van der Waals surface area contributed by atoms with Crippen molar-refractivity contribution < 1.29 is 4.79 Å². The average Bonchev–Trinajstić information content (AvgIpc) is 2.25. The highest BCUT2D eigenvalue weighted by Gasteiger charge is 2.11. The molecule has 0 aliphatic carbocycles. The molecule has 0 unspecified atom stereocenters. The topological polar surface area (TPSA) is 59.2 Å². The van der Waals surface area contributed by atoms with Crippen LogP contribution in [-0.4, -0.2) is 34.9 Å². The van der Waals surface area contributed by atoms with Crippen LogP contribution in [0.1, 0.15) is 19.4 Å². The van der Waals surface area contributed by atoms with Crippen LogP contribution >= 0.6 is 0 Å². The number of primary amides is 1. The number of nitrogens with two attached hydrogens (primary N) is 1. The number of amides is 1. The SMILES string of the molecule is CC(C)N(CCc1ccncc1)CC(N)=O. The minimum absolute atomic E-state index is 0.275. The molecule has 0 atom stereocenters. The van der Waals surface area contributed by atoms with E-state index in [0.717, 1.165) is 13.0 Å². The van der Waals surface area contributed by atoms with Crippen molar-refractivity contribution >= 4 is 5.91 Å². The van der Waals surface area contributed by atoms with E-state index in [9.17, 15) is 4.79 Å². The first-order chi connectivity index (χ1) is 7.59.